The molecule has 0 spiro atoms. The summed E-state index contributed by atoms with van der Waals surface area (Å²) in [7, 11) is 0. The number of piperidine rings is 1. The van der Waals surface area contributed by atoms with Crippen LogP contribution in [0.5, 0.6) is 0 Å². The highest BCUT2D eigenvalue weighted by Gasteiger charge is 2.52. The van der Waals surface area contributed by atoms with Crippen LogP contribution in [0.25, 0.3) is 0 Å². The first-order chi connectivity index (χ1) is 14.5. The van der Waals surface area contributed by atoms with E-state index in [-0.39, 0.29) is 29.4 Å². The van der Waals surface area contributed by atoms with Crippen LogP contribution in [-0.2, 0) is 19.1 Å². The van der Waals surface area contributed by atoms with Crippen molar-refractivity contribution in [2.45, 2.75) is 96.3 Å². The van der Waals surface area contributed by atoms with Gasteiger partial charge >= 0.3 is 12.1 Å². The third kappa shape index (κ3) is 5.17. The molecule has 7 nitrogen and oxygen atoms in total. The van der Waals surface area contributed by atoms with Gasteiger partial charge in [-0.1, -0.05) is 0 Å². The molecule has 4 aliphatic carbocycles. The molecular weight excluding hydrogens is 396 g/mol. The highest BCUT2D eigenvalue weighted by atomic mass is 16.6. The first kappa shape index (κ1) is 22.4. The molecule has 5 rings (SSSR count). The molecule has 1 atom stereocenters. The van der Waals surface area contributed by atoms with Crippen LogP contribution in [0.3, 0.4) is 0 Å². The molecule has 1 heterocycles. The molecule has 4 bridgehead atoms. The van der Waals surface area contributed by atoms with Gasteiger partial charge in [0.1, 0.15) is 5.60 Å². The zero-order chi connectivity index (χ0) is 22.4. The van der Waals surface area contributed by atoms with Crippen LogP contribution < -0.4 is 5.32 Å². The molecule has 1 aliphatic heterocycles. The predicted molar refractivity (Wildman–Crippen MR) is 115 cm³/mol. The Kier molecular flexibility index (Phi) is 5.99. The van der Waals surface area contributed by atoms with Crippen molar-refractivity contribution in [1.29, 1.82) is 0 Å². The number of carbonyl (C=O) groups excluding carboxylic acids is 3. The van der Waals surface area contributed by atoms with E-state index in [1.807, 2.05) is 20.8 Å². The van der Waals surface area contributed by atoms with E-state index in [4.69, 9.17) is 9.47 Å². The average molecular weight is 435 g/mol. The third-order valence-corrected chi connectivity index (χ3v) is 7.57. The molecule has 4 saturated carbocycles. The summed E-state index contributed by atoms with van der Waals surface area (Å²) in [5, 5.41) is 3.29. The van der Waals surface area contributed by atoms with E-state index >= 15 is 0 Å². The van der Waals surface area contributed by atoms with E-state index in [0.29, 0.717) is 25.9 Å². The van der Waals surface area contributed by atoms with Crippen molar-refractivity contribution in [3.05, 3.63) is 0 Å². The zero-order valence-corrected chi connectivity index (χ0v) is 19.4. The van der Waals surface area contributed by atoms with Gasteiger partial charge in [-0.25, -0.2) is 4.79 Å². The fourth-order valence-corrected chi connectivity index (χ4v) is 6.57. The molecule has 5 fully saturated rings. The summed E-state index contributed by atoms with van der Waals surface area (Å²) in [5.74, 6) is 1.46. The minimum Gasteiger partial charge on any atom is -0.452 e. The number of likely N-dealkylation sites (tertiary alicyclic amines) is 1. The van der Waals surface area contributed by atoms with Crippen LogP contribution >= 0.6 is 0 Å². The lowest BCUT2D eigenvalue weighted by atomic mass is 9.53. The Labute approximate surface area is 185 Å². The van der Waals surface area contributed by atoms with E-state index < -0.39 is 11.7 Å². The molecule has 0 aromatic heterocycles. The lowest BCUT2D eigenvalue weighted by Crippen LogP contribution is -2.61. The Bertz CT molecular complexity index is 685. The zero-order valence-electron chi connectivity index (χ0n) is 19.4. The Balaban J connectivity index is 1.24. The summed E-state index contributed by atoms with van der Waals surface area (Å²) in [6.07, 6.45) is 7.12. The van der Waals surface area contributed by atoms with Crippen LogP contribution in [0, 0.1) is 23.7 Å². The van der Waals surface area contributed by atoms with Crippen molar-refractivity contribution in [2.75, 3.05) is 13.1 Å². The Morgan fingerprint density at radius 1 is 0.968 bits per heavy atom. The highest BCUT2D eigenvalue weighted by molar-refractivity contribution is 5.84. The second-order valence-electron chi connectivity index (χ2n) is 11.5. The summed E-state index contributed by atoms with van der Waals surface area (Å²) >= 11 is 0. The minimum absolute atomic E-state index is 0.0781. The summed E-state index contributed by atoms with van der Waals surface area (Å²) in [4.78, 5) is 39.3. The molecule has 1 saturated heterocycles. The second kappa shape index (κ2) is 8.28. The molecule has 7 heteroatoms. The van der Waals surface area contributed by atoms with Gasteiger partial charge in [-0.3, -0.25) is 9.59 Å². The number of carbonyl (C=O) groups is 3. The smallest absolute Gasteiger partial charge is 0.410 e. The number of esters is 1. The molecule has 0 aromatic carbocycles. The van der Waals surface area contributed by atoms with Crippen LogP contribution in [-0.4, -0.2) is 53.2 Å². The molecule has 1 N–H and O–H groups in total. The maximum Gasteiger partial charge on any atom is 0.410 e. The van der Waals surface area contributed by atoms with Crippen molar-refractivity contribution < 1.29 is 23.9 Å². The van der Waals surface area contributed by atoms with Gasteiger partial charge in [-0.2, -0.15) is 0 Å². The van der Waals surface area contributed by atoms with E-state index in [1.165, 1.54) is 19.3 Å². The van der Waals surface area contributed by atoms with Crippen molar-refractivity contribution in [1.82, 2.24) is 10.2 Å². The van der Waals surface area contributed by atoms with E-state index in [0.717, 1.165) is 37.0 Å². The Hall–Kier alpha value is -1.79. The summed E-state index contributed by atoms with van der Waals surface area (Å²) < 4.78 is 11.0. The van der Waals surface area contributed by atoms with Gasteiger partial charge in [0.25, 0.3) is 5.91 Å². The van der Waals surface area contributed by atoms with Gasteiger partial charge in [0.05, 0.1) is 5.92 Å². The molecule has 0 radical (unpaired) electrons. The number of nitrogens with one attached hydrogen (secondary N) is 1. The third-order valence-electron chi connectivity index (χ3n) is 7.57. The van der Waals surface area contributed by atoms with Crippen LogP contribution in [0.15, 0.2) is 0 Å². The topological polar surface area (TPSA) is 84.9 Å². The first-order valence-corrected chi connectivity index (χ1v) is 12.0. The first-order valence-electron chi connectivity index (χ1n) is 12.0. The minimum atomic E-state index is -0.788. The summed E-state index contributed by atoms with van der Waals surface area (Å²) in [6, 6.07) is 0. The molecule has 2 amide bonds. The van der Waals surface area contributed by atoms with Gasteiger partial charge in [0.2, 0.25) is 0 Å². The van der Waals surface area contributed by atoms with E-state index in [2.05, 4.69) is 5.32 Å². The van der Waals surface area contributed by atoms with Gasteiger partial charge in [0, 0.05) is 18.6 Å². The number of hydrogen-bond donors (Lipinski definition) is 1. The molecule has 0 aromatic rings. The van der Waals surface area contributed by atoms with Gasteiger partial charge in [-0.15, -0.1) is 0 Å². The average Bonchev–Trinajstić information content (AvgIpc) is 2.65. The highest BCUT2D eigenvalue weighted by Crippen LogP contribution is 2.55. The number of ether oxygens (including phenoxy) is 2. The number of hydrogen-bond acceptors (Lipinski definition) is 5. The maximum atomic E-state index is 12.9. The lowest BCUT2D eigenvalue weighted by molar-refractivity contribution is -0.161. The standard InChI is InChI=1S/C24H38N2O5/c1-15(20(27)25-24-12-16-9-17(13-24)11-18(10-16)14-24)30-21(28)19-5-7-26(8-6-19)22(29)31-23(2,3)4/h15-19H,5-14H2,1-4H3,(H,25,27)/t15-,16?,17?,18?,24?/m1/s1. The van der Waals surface area contributed by atoms with E-state index in [9.17, 15) is 14.4 Å². The van der Waals surface area contributed by atoms with Crippen LogP contribution in [0.4, 0.5) is 4.79 Å². The number of rotatable bonds is 4. The van der Waals surface area contributed by atoms with Gasteiger partial charge in [0.15, 0.2) is 6.10 Å². The van der Waals surface area contributed by atoms with Gasteiger partial charge < -0.3 is 19.7 Å². The normalized spacial score (nSPS) is 33.7. The number of nitrogens with zero attached hydrogens (tertiary/aromatic N) is 1. The van der Waals surface area contributed by atoms with Crippen LogP contribution in [0.1, 0.15) is 79.1 Å². The predicted octanol–water partition coefficient (Wildman–Crippen LogP) is 3.65. The fourth-order valence-electron chi connectivity index (χ4n) is 6.57. The monoisotopic (exact) mass is 434 g/mol. The quantitative estimate of drug-likeness (QED) is 0.683. The number of amides is 2. The maximum absolute atomic E-state index is 12.9. The molecular formula is C24H38N2O5. The second-order valence-corrected chi connectivity index (χ2v) is 11.5. The lowest BCUT2D eigenvalue weighted by Gasteiger charge is -2.57. The molecule has 174 valence electrons. The molecule has 0 unspecified atom stereocenters. The van der Waals surface area contributed by atoms with Crippen molar-refractivity contribution >= 4 is 18.0 Å². The van der Waals surface area contributed by atoms with E-state index in [1.54, 1.807) is 11.8 Å². The summed E-state index contributed by atoms with van der Waals surface area (Å²) in [6.45, 7) is 8.11. The van der Waals surface area contributed by atoms with Crippen molar-refractivity contribution in [3.8, 4) is 0 Å². The SMILES string of the molecule is C[C@@H](OC(=O)C1CCN(C(=O)OC(C)(C)C)CC1)C(=O)NC12CC3CC(CC(C3)C1)C2. The molecule has 5 aliphatic rings. The Morgan fingerprint density at radius 2 is 1.48 bits per heavy atom. The summed E-state index contributed by atoms with van der Waals surface area (Å²) in [5.41, 5.74) is -0.613. The van der Waals surface area contributed by atoms with Crippen molar-refractivity contribution in [2.24, 2.45) is 23.7 Å². The van der Waals surface area contributed by atoms with Crippen LogP contribution in [0.2, 0.25) is 0 Å². The Morgan fingerprint density at radius 3 is 1.97 bits per heavy atom. The van der Waals surface area contributed by atoms with Gasteiger partial charge in [-0.05, 0) is 96.8 Å². The van der Waals surface area contributed by atoms with Crippen molar-refractivity contribution in [3.63, 3.8) is 0 Å². The largest absolute Gasteiger partial charge is 0.452 e. The molecule has 31 heavy (non-hydrogen) atoms. The fraction of sp³-hybridized carbons (Fsp3) is 0.875.